The standard InChI is InChI=1S/C21H21N3O2S/c1-3-13-24-20(25)19(14-16-9-5-4-6-10-16)27-21(24)23-22-15-17-11-7-8-12-18(17)26-2/h3-12,15,19H,1,13-14H2,2H3/b22-15+,23-21+. The molecule has 3 rings (SSSR count). The van der Waals surface area contributed by atoms with Crippen LogP contribution in [0.3, 0.4) is 0 Å². The molecule has 1 atom stereocenters. The first-order chi connectivity index (χ1) is 13.2. The Morgan fingerprint density at radius 3 is 2.67 bits per heavy atom. The monoisotopic (exact) mass is 379 g/mol. The molecule has 0 aliphatic carbocycles. The Labute approximate surface area is 163 Å². The summed E-state index contributed by atoms with van der Waals surface area (Å²) in [5.41, 5.74) is 1.95. The van der Waals surface area contributed by atoms with Gasteiger partial charge in [0.1, 0.15) is 5.75 Å². The van der Waals surface area contributed by atoms with Crippen LogP contribution in [0.2, 0.25) is 0 Å². The van der Waals surface area contributed by atoms with Crippen LogP contribution in [0.25, 0.3) is 0 Å². The van der Waals surface area contributed by atoms with E-state index in [1.807, 2.05) is 54.6 Å². The van der Waals surface area contributed by atoms with Gasteiger partial charge in [0.25, 0.3) is 0 Å². The fourth-order valence-electron chi connectivity index (χ4n) is 2.75. The Morgan fingerprint density at radius 1 is 1.19 bits per heavy atom. The van der Waals surface area contributed by atoms with Crippen LogP contribution in [0, 0.1) is 0 Å². The highest BCUT2D eigenvalue weighted by Gasteiger charge is 2.37. The fraction of sp³-hybridized carbons (Fsp3) is 0.190. The Bertz CT molecular complexity index is 865. The van der Waals surface area contributed by atoms with Gasteiger partial charge < -0.3 is 4.74 Å². The van der Waals surface area contributed by atoms with Crippen LogP contribution >= 0.6 is 11.8 Å². The van der Waals surface area contributed by atoms with Gasteiger partial charge in [0.2, 0.25) is 5.91 Å². The average molecular weight is 379 g/mol. The van der Waals surface area contributed by atoms with Gasteiger partial charge in [0.15, 0.2) is 5.17 Å². The second kappa shape index (κ2) is 9.19. The number of carbonyl (C=O) groups is 1. The maximum atomic E-state index is 12.7. The molecule has 1 heterocycles. The number of hydrogen-bond acceptors (Lipinski definition) is 5. The summed E-state index contributed by atoms with van der Waals surface area (Å²) >= 11 is 1.44. The zero-order valence-electron chi connectivity index (χ0n) is 15.1. The molecule has 1 unspecified atom stereocenters. The third kappa shape index (κ3) is 4.65. The summed E-state index contributed by atoms with van der Waals surface area (Å²) in [5, 5.41) is 8.85. The molecule has 0 aromatic heterocycles. The first kappa shape index (κ1) is 18.9. The molecule has 0 bridgehead atoms. The summed E-state index contributed by atoms with van der Waals surface area (Å²) in [4.78, 5) is 14.4. The Morgan fingerprint density at radius 2 is 1.93 bits per heavy atom. The van der Waals surface area contributed by atoms with Crippen molar-refractivity contribution in [3.05, 3.63) is 78.4 Å². The number of methoxy groups -OCH3 is 1. The van der Waals surface area contributed by atoms with Gasteiger partial charge in [-0.15, -0.1) is 11.7 Å². The van der Waals surface area contributed by atoms with Gasteiger partial charge in [0, 0.05) is 12.1 Å². The highest BCUT2D eigenvalue weighted by molar-refractivity contribution is 8.15. The van der Waals surface area contributed by atoms with E-state index in [4.69, 9.17) is 4.74 Å². The predicted molar refractivity (Wildman–Crippen MR) is 111 cm³/mol. The molecule has 0 spiro atoms. The molecule has 5 nitrogen and oxygen atoms in total. The molecule has 1 fully saturated rings. The van der Waals surface area contributed by atoms with E-state index in [9.17, 15) is 4.79 Å². The number of amides is 1. The number of amidine groups is 1. The van der Waals surface area contributed by atoms with Crippen molar-refractivity contribution in [1.29, 1.82) is 0 Å². The fourth-order valence-corrected chi connectivity index (χ4v) is 3.90. The van der Waals surface area contributed by atoms with Gasteiger partial charge in [0.05, 0.1) is 18.6 Å². The third-order valence-corrected chi connectivity index (χ3v) is 5.24. The second-order valence-corrected chi connectivity index (χ2v) is 7.07. The van der Waals surface area contributed by atoms with E-state index in [-0.39, 0.29) is 11.2 Å². The smallest absolute Gasteiger partial charge is 0.242 e. The summed E-state index contributed by atoms with van der Waals surface area (Å²) < 4.78 is 5.31. The molecule has 1 saturated heterocycles. The highest BCUT2D eigenvalue weighted by atomic mass is 32.2. The van der Waals surface area contributed by atoms with Crippen molar-refractivity contribution < 1.29 is 9.53 Å². The van der Waals surface area contributed by atoms with Crippen molar-refractivity contribution in [2.75, 3.05) is 13.7 Å². The zero-order valence-corrected chi connectivity index (χ0v) is 15.9. The van der Waals surface area contributed by atoms with Gasteiger partial charge in [-0.1, -0.05) is 60.3 Å². The lowest BCUT2D eigenvalue weighted by Crippen LogP contribution is -2.32. The summed E-state index contributed by atoms with van der Waals surface area (Å²) in [7, 11) is 1.62. The molecular weight excluding hydrogens is 358 g/mol. The summed E-state index contributed by atoms with van der Waals surface area (Å²) in [5.74, 6) is 0.761. The lowest BCUT2D eigenvalue weighted by molar-refractivity contribution is -0.125. The number of hydrogen-bond donors (Lipinski definition) is 0. The van der Waals surface area contributed by atoms with E-state index in [2.05, 4.69) is 16.8 Å². The van der Waals surface area contributed by atoms with E-state index >= 15 is 0 Å². The van der Waals surface area contributed by atoms with Crippen LogP contribution in [0.4, 0.5) is 0 Å². The lowest BCUT2D eigenvalue weighted by Gasteiger charge is -2.12. The largest absolute Gasteiger partial charge is 0.496 e. The van der Waals surface area contributed by atoms with E-state index < -0.39 is 0 Å². The molecule has 27 heavy (non-hydrogen) atoms. The van der Waals surface area contributed by atoms with Crippen LogP contribution in [0.1, 0.15) is 11.1 Å². The highest BCUT2D eigenvalue weighted by Crippen LogP contribution is 2.30. The first-order valence-corrected chi connectivity index (χ1v) is 9.47. The molecule has 0 saturated carbocycles. The van der Waals surface area contributed by atoms with Crippen molar-refractivity contribution >= 4 is 29.1 Å². The number of thioether (sulfide) groups is 1. The molecule has 2 aromatic carbocycles. The van der Waals surface area contributed by atoms with Gasteiger partial charge in [-0.2, -0.15) is 5.10 Å². The van der Waals surface area contributed by atoms with Gasteiger partial charge in [-0.05, 0) is 24.1 Å². The average Bonchev–Trinajstić information content (AvgIpc) is 2.98. The Kier molecular flexibility index (Phi) is 6.44. The minimum absolute atomic E-state index is 0.0370. The van der Waals surface area contributed by atoms with Crippen LogP contribution in [0.5, 0.6) is 5.75 Å². The van der Waals surface area contributed by atoms with Gasteiger partial charge in [-0.3, -0.25) is 9.69 Å². The number of carbonyl (C=O) groups excluding carboxylic acids is 1. The topological polar surface area (TPSA) is 54.3 Å². The van der Waals surface area contributed by atoms with Crippen molar-refractivity contribution in [3.63, 3.8) is 0 Å². The molecule has 1 aliphatic heterocycles. The second-order valence-electron chi connectivity index (χ2n) is 5.90. The minimum atomic E-state index is -0.201. The Balaban J connectivity index is 1.78. The van der Waals surface area contributed by atoms with Crippen molar-refractivity contribution in [1.82, 2.24) is 4.90 Å². The van der Waals surface area contributed by atoms with Gasteiger partial charge >= 0.3 is 0 Å². The minimum Gasteiger partial charge on any atom is -0.496 e. The van der Waals surface area contributed by atoms with E-state index in [1.165, 1.54) is 11.8 Å². The van der Waals surface area contributed by atoms with Crippen LogP contribution < -0.4 is 4.74 Å². The van der Waals surface area contributed by atoms with Crippen molar-refractivity contribution in [2.24, 2.45) is 10.2 Å². The molecule has 138 valence electrons. The maximum absolute atomic E-state index is 12.7. The number of para-hydroxylation sites is 1. The van der Waals surface area contributed by atoms with Gasteiger partial charge in [-0.25, -0.2) is 0 Å². The summed E-state index contributed by atoms with van der Waals surface area (Å²) in [6, 6.07) is 17.6. The van der Waals surface area contributed by atoms with Crippen LogP contribution in [-0.4, -0.2) is 41.1 Å². The normalized spacial score (nSPS) is 18.4. The zero-order chi connectivity index (χ0) is 19.1. The lowest BCUT2D eigenvalue weighted by atomic mass is 10.1. The number of rotatable bonds is 7. The predicted octanol–water partition coefficient (Wildman–Crippen LogP) is 3.76. The van der Waals surface area contributed by atoms with E-state index in [0.29, 0.717) is 18.1 Å². The third-order valence-electron chi connectivity index (χ3n) is 4.07. The number of ether oxygens (including phenoxy) is 1. The summed E-state index contributed by atoms with van der Waals surface area (Å²) in [6.07, 6.45) is 3.99. The quantitative estimate of drug-likeness (QED) is 0.418. The Hall–Kier alpha value is -2.86. The van der Waals surface area contributed by atoms with Crippen LogP contribution in [-0.2, 0) is 11.2 Å². The molecule has 2 aromatic rings. The molecule has 1 amide bonds. The SMILES string of the molecule is C=CCN1C(=O)C(Cc2ccccc2)S/C1=N/N=C/c1ccccc1OC. The molecule has 0 N–H and O–H groups in total. The maximum Gasteiger partial charge on any atom is 0.242 e. The molecular formula is C21H21N3O2S. The van der Waals surface area contributed by atoms with E-state index in [1.54, 1.807) is 24.3 Å². The summed E-state index contributed by atoms with van der Waals surface area (Å²) in [6.45, 7) is 4.16. The van der Waals surface area contributed by atoms with Crippen molar-refractivity contribution in [2.45, 2.75) is 11.7 Å². The molecule has 0 radical (unpaired) electrons. The molecule has 1 aliphatic rings. The first-order valence-electron chi connectivity index (χ1n) is 8.60. The van der Waals surface area contributed by atoms with Crippen LogP contribution in [0.15, 0.2) is 77.5 Å². The molecule has 6 heteroatoms. The van der Waals surface area contributed by atoms with E-state index in [0.717, 1.165) is 16.9 Å². The van der Waals surface area contributed by atoms with Crippen molar-refractivity contribution in [3.8, 4) is 5.75 Å². The number of nitrogens with zero attached hydrogens (tertiary/aromatic N) is 3. The number of benzene rings is 2.